The minimum atomic E-state index is 0.489. The Kier molecular flexibility index (Phi) is 4.32. The van der Waals surface area contributed by atoms with E-state index in [4.69, 9.17) is 34.8 Å². The van der Waals surface area contributed by atoms with E-state index in [0.717, 1.165) is 22.0 Å². The Morgan fingerprint density at radius 3 is 2.46 bits per heavy atom. The lowest BCUT2D eigenvalue weighted by molar-refractivity contribution is 0.964. The van der Waals surface area contributed by atoms with Crippen LogP contribution >= 0.6 is 46.1 Å². The summed E-state index contributed by atoms with van der Waals surface area (Å²) >= 11 is 19.6. The third-order valence-electron chi connectivity index (χ3n) is 4.11. The predicted molar refractivity (Wildman–Crippen MR) is 112 cm³/mol. The summed E-state index contributed by atoms with van der Waals surface area (Å²) in [6.45, 7) is 0. The van der Waals surface area contributed by atoms with E-state index in [1.54, 1.807) is 22.7 Å². The Morgan fingerprint density at radius 2 is 1.68 bits per heavy atom. The SMILES string of the molecule is Clc1ccc(-c2cc(-c3nn4c(-c5ccc(Cl)cc5Cl)nnc4s3)[nH]n2)cc1. The number of H-pyrrole nitrogens is 1. The van der Waals surface area contributed by atoms with Gasteiger partial charge in [-0.1, -0.05) is 58.3 Å². The number of fused-ring (bicyclic) bond motifs is 1. The Balaban J connectivity index is 1.54. The molecule has 0 saturated carbocycles. The first-order chi connectivity index (χ1) is 13.6. The van der Waals surface area contributed by atoms with Crippen molar-refractivity contribution in [3.05, 3.63) is 63.6 Å². The van der Waals surface area contributed by atoms with Gasteiger partial charge in [-0.05, 0) is 36.4 Å². The van der Waals surface area contributed by atoms with Crippen LogP contribution in [0.2, 0.25) is 15.1 Å². The average molecular weight is 448 g/mol. The number of hydrogen-bond donors (Lipinski definition) is 1. The van der Waals surface area contributed by atoms with Crippen LogP contribution in [0.5, 0.6) is 0 Å². The Labute approximate surface area is 177 Å². The topological polar surface area (TPSA) is 71.8 Å². The maximum absolute atomic E-state index is 6.31. The second kappa shape index (κ2) is 6.86. The van der Waals surface area contributed by atoms with Crippen molar-refractivity contribution < 1.29 is 0 Å². The maximum Gasteiger partial charge on any atom is 0.235 e. The molecule has 5 rings (SSSR count). The summed E-state index contributed by atoms with van der Waals surface area (Å²) in [6.07, 6.45) is 0. The summed E-state index contributed by atoms with van der Waals surface area (Å²) in [5, 5.41) is 22.9. The first-order valence-electron chi connectivity index (χ1n) is 8.08. The van der Waals surface area contributed by atoms with Crippen LogP contribution in [0.4, 0.5) is 0 Å². The average Bonchev–Trinajstić information content (AvgIpc) is 3.38. The summed E-state index contributed by atoms with van der Waals surface area (Å²) in [5.74, 6) is 0.552. The first kappa shape index (κ1) is 17.6. The molecule has 0 spiro atoms. The molecule has 0 aliphatic carbocycles. The van der Waals surface area contributed by atoms with Crippen LogP contribution in [0.25, 0.3) is 38.3 Å². The lowest BCUT2D eigenvalue weighted by Gasteiger charge is -2.00. The Hall–Kier alpha value is -2.45. The molecule has 2 aromatic carbocycles. The zero-order valence-electron chi connectivity index (χ0n) is 13.9. The number of benzene rings is 2. The zero-order valence-corrected chi connectivity index (χ0v) is 17.0. The van der Waals surface area contributed by atoms with Gasteiger partial charge in [0.25, 0.3) is 0 Å². The zero-order chi connectivity index (χ0) is 19.3. The van der Waals surface area contributed by atoms with Crippen LogP contribution < -0.4 is 0 Å². The Bertz CT molecular complexity index is 1300. The standard InChI is InChI=1S/C18H9Cl3N6S/c19-10-3-1-9(2-4-10)14-8-15(23-22-14)17-26-27-16(24-25-18(27)28-17)12-6-5-11(20)7-13(12)21/h1-8H,(H,22,23). The largest absolute Gasteiger partial charge is 0.275 e. The number of nitrogens with zero attached hydrogens (tertiary/aromatic N) is 5. The van der Waals surface area contributed by atoms with E-state index < -0.39 is 0 Å². The molecule has 0 saturated heterocycles. The van der Waals surface area contributed by atoms with Crippen LogP contribution in [0, 0.1) is 0 Å². The summed E-state index contributed by atoms with van der Waals surface area (Å²) in [4.78, 5) is 0.652. The number of hydrogen-bond acceptors (Lipinski definition) is 5. The van der Waals surface area contributed by atoms with Crippen molar-refractivity contribution in [2.75, 3.05) is 0 Å². The van der Waals surface area contributed by atoms with Crippen molar-refractivity contribution in [2.24, 2.45) is 0 Å². The molecule has 3 aromatic heterocycles. The fourth-order valence-corrected chi connectivity index (χ4v) is 4.19. The van der Waals surface area contributed by atoms with Crippen LogP contribution in [0.3, 0.4) is 0 Å². The maximum atomic E-state index is 6.31. The van der Waals surface area contributed by atoms with Gasteiger partial charge in [-0.3, -0.25) is 5.10 Å². The van der Waals surface area contributed by atoms with Crippen molar-refractivity contribution in [1.82, 2.24) is 30.0 Å². The van der Waals surface area contributed by atoms with Crippen LogP contribution in [-0.2, 0) is 0 Å². The normalized spacial score (nSPS) is 11.4. The highest BCUT2D eigenvalue weighted by atomic mass is 35.5. The highest BCUT2D eigenvalue weighted by molar-refractivity contribution is 7.19. The fourth-order valence-electron chi connectivity index (χ4n) is 2.76. The van der Waals surface area contributed by atoms with E-state index in [0.29, 0.717) is 31.4 Å². The van der Waals surface area contributed by atoms with Crippen molar-refractivity contribution in [1.29, 1.82) is 0 Å². The van der Waals surface area contributed by atoms with Crippen molar-refractivity contribution in [3.8, 4) is 33.3 Å². The summed E-state index contributed by atoms with van der Waals surface area (Å²) in [5.41, 5.74) is 3.26. The minimum absolute atomic E-state index is 0.489. The highest BCUT2D eigenvalue weighted by Gasteiger charge is 2.18. The number of halogens is 3. The monoisotopic (exact) mass is 446 g/mol. The third kappa shape index (κ3) is 3.06. The van der Waals surface area contributed by atoms with Crippen LogP contribution in [0.1, 0.15) is 0 Å². The molecule has 3 heterocycles. The van der Waals surface area contributed by atoms with Crippen molar-refractivity contribution in [3.63, 3.8) is 0 Å². The van der Waals surface area contributed by atoms with Gasteiger partial charge in [-0.15, -0.1) is 10.2 Å². The first-order valence-corrected chi connectivity index (χ1v) is 10.0. The van der Waals surface area contributed by atoms with Gasteiger partial charge in [-0.25, -0.2) is 0 Å². The van der Waals surface area contributed by atoms with E-state index in [-0.39, 0.29) is 0 Å². The molecule has 5 aromatic rings. The van der Waals surface area contributed by atoms with Gasteiger partial charge in [0.15, 0.2) is 10.8 Å². The fraction of sp³-hybridized carbons (Fsp3) is 0. The van der Waals surface area contributed by atoms with Gasteiger partial charge in [0, 0.05) is 21.2 Å². The molecule has 28 heavy (non-hydrogen) atoms. The number of aromatic amines is 1. The molecular weight excluding hydrogens is 439 g/mol. The molecule has 0 radical (unpaired) electrons. The molecule has 0 fully saturated rings. The number of rotatable bonds is 3. The molecular formula is C18H9Cl3N6S. The van der Waals surface area contributed by atoms with E-state index in [1.807, 2.05) is 30.3 Å². The van der Waals surface area contributed by atoms with E-state index >= 15 is 0 Å². The van der Waals surface area contributed by atoms with E-state index in [9.17, 15) is 0 Å². The molecule has 0 bridgehead atoms. The van der Waals surface area contributed by atoms with Gasteiger partial charge < -0.3 is 0 Å². The summed E-state index contributed by atoms with van der Waals surface area (Å²) in [7, 11) is 0. The van der Waals surface area contributed by atoms with Gasteiger partial charge in [-0.2, -0.15) is 14.7 Å². The van der Waals surface area contributed by atoms with Crippen LogP contribution in [-0.4, -0.2) is 30.0 Å². The molecule has 0 amide bonds. The van der Waals surface area contributed by atoms with Crippen molar-refractivity contribution >= 4 is 51.1 Å². The van der Waals surface area contributed by atoms with Crippen LogP contribution in [0.15, 0.2) is 48.5 Å². The van der Waals surface area contributed by atoms with Gasteiger partial charge in [0.2, 0.25) is 4.96 Å². The third-order valence-corrected chi connectivity index (χ3v) is 5.84. The molecule has 0 unspecified atom stereocenters. The second-order valence-electron chi connectivity index (χ2n) is 5.92. The predicted octanol–water partition coefficient (Wildman–Crippen LogP) is 5.87. The van der Waals surface area contributed by atoms with Crippen molar-refractivity contribution in [2.45, 2.75) is 0 Å². The lowest BCUT2D eigenvalue weighted by atomic mass is 10.1. The second-order valence-corrected chi connectivity index (χ2v) is 8.16. The van der Waals surface area contributed by atoms with E-state index in [1.165, 1.54) is 11.3 Å². The summed E-state index contributed by atoms with van der Waals surface area (Å²) < 4.78 is 1.66. The molecule has 0 atom stereocenters. The van der Waals surface area contributed by atoms with Gasteiger partial charge >= 0.3 is 0 Å². The molecule has 138 valence electrons. The molecule has 0 aliphatic rings. The molecule has 10 heteroatoms. The quantitative estimate of drug-likeness (QED) is 0.375. The molecule has 0 aliphatic heterocycles. The smallest absolute Gasteiger partial charge is 0.235 e. The summed E-state index contributed by atoms with van der Waals surface area (Å²) in [6, 6.07) is 14.7. The number of nitrogens with one attached hydrogen (secondary N) is 1. The van der Waals surface area contributed by atoms with E-state index in [2.05, 4.69) is 25.5 Å². The lowest BCUT2D eigenvalue weighted by Crippen LogP contribution is -1.92. The Morgan fingerprint density at radius 1 is 0.893 bits per heavy atom. The molecule has 1 N–H and O–H groups in total. The van der Waals surface area contributed by atoms with Gasteiger partial charge in [0.05, 0.1) is 16.4 Å². The molecule has 6 nitrogen and oxygen atoms in total. The number of aromatic nitrogens is 6. The minimum Gasteiger partial charge on any atom is -0.275 e. The van der Waals surface area contributed by atoms with Gasteiger partial charge in [0.1, 0.15) is 0 Å². The highest BCUT2D eigenvalue weighted by Crippen LogP contribution is 2.32.